The molecule has 1 rings (SSSR count). The van der Waals surface area contributed by atoms with Crippen LogP contribution in [0.3, 0.4) is 0 Å². The molecule has 0 fully saturated rings. The minimum atomic E-state index is -3.61. The molecule has 19 heavy (non-hydrogen) atoms. The van der Waals surface area contributed by atoms with E-state index in [2.05, 4.69) is 21.3 Å². The third kappa shape index (κ3) is 5.75. The van der Waals surface area contributed by atoms with Crippen molar-refractivity contribution in [3.63, 3.8) is 0 Å². The van der Waals surface area contributed by atoms with Crippen molar-refractivity contribution >= 4 is 15.9 Å². The first kappa shape index (κ1) is 15.5. The molecule has 0 aliphatic carbocycles. The van der Waals surface area contributed by atoms with Crippen molar-refractivity contribution in [3.8, 4) is 11.8 Å². The highest BCUT2D eigenvalue weighted by Crippen LogP contribution is 2.14. The Bertz CT molecular complexity index is 571. The molecular weight excluding hydrogens is 264 g/mol. The molecule has 0 amide bonds. The van der Waals surface area contributed by atoms with E-state index in [9.17, 15) is 8.42 Å². The molecule has 5 nitrogen and oxygen atoms in total. The number of aliphatic hydroxyl groups is 1. The first-order valence-corrected chi connectivity index (χ1v) is 7.39. The van der Waals surface area contributed by atoms with Gasteiger partial charge in [0.2, 0.25) is 0 Å². The monoisotopic (exact) mass is 282 g/mol. The quantitative estimate of drug-likeness (QED) is 0.703. The van der Waals surface area contributed by atoms with Gasteiger partial charge in [-0.15, -0.1) is 0 Å². The molecule has 0 aliphatic rings. The number of hydrogen-bond donors (Lipinski definition) is 3. The first-order valence-electron chi connectivity index (χ1n) is 5.91. The smallest absolute Gasteiger partial charge is 0.299 e. The van der Waals surface area contributed by atoms with Crippen LogP contribution in [0.15, 0.2) is 24.3 Å². The maximum atomic E-state index is 11.8. The van der Waals surface area contributed by atoms with Gasteiger partial charge in [0.05, 0.1) is 5.69 Å². The molecule has 0 saturated carbocycles. The maximum Gasteiger partial charge on any atom is 0.299 e. The zero-order chi connectivity index (χ0) is 14.3. The standard InChI is InChI=1S/C13H18N2O3S/c1-11(2)10-14-19(17,18)15-13-8-4-3-6-12(13)7-5-9-16/h3-4,6,8,11,14-16H,9-10H2,1-2H3. The Kier molecular flexibility index (Phi) is 5.83. The zero-order valence-electron chi connectivity index (χ0n) is 11.0. The van der Waals surface area contributed by atoms with E-state index in [-0.39, 0.29) is 12.5 Å². The second kappa shape index (κ2) is 7.14. The van der Waals surface area contributed by atoms with Gasteiger partial charge in [0.15, 0.2) is 0 Å². The van der Waals surface area contributed by atoms with Crippen LogP contribution in [-0.2, 0) is 10.2 Å². The number of rotatable bonds is 5. The van der Waals surface area contributed by atoms with E-state index in [4.69, 9.17) is 5.11 Å². The summed E-state index contributed by atoms with van der Waals surface area (Å²) in [5.41, 5.74) is 0.908. The van der Waals surface area contributed by atoms with E-state index >= 15 is 0 Å². The lowest BCUT2D eigenvalue weighted by Crippen LogP contribution is -2.33. The highest BCUT2D eigenvalue weighted by molar-refractivity contribution is 7.90. The van der Waals surface area contributed by atoms with Crippen LogP contribution in [0.5, 0.6) is 0 Å². The summed E-state index contributed by atoms with van der Waals surface area (Å²) in [7, 11) is -3.61. The number of para-hydroxylation sites is 1. The molecule has 6 heteroatoms. The molecule has 0 atom stereocenters. The molecule has 0 bridgehead atoms. The highest BCUT2D eigenvalue weighted by Gasteiger charge is 2.11. The lowest BCUT2D eigenvalue weighted by Gasteiger charge is -2.12. The summed E-state index contributed by atoms with van der Waals surface area (Å²) in [6.07, 6.45) is 0. The van der Waals surface area contributed by atoms with Crippen LogP contribution in [0, 0.1) is 17.8 Å². The third-order valence-electron chi connectivity index (χ3n) is 2.16. The van der Waals surface area contributed by atoms with Gasteiger partial charge in [-0.2, -0.15) is 13.1 Å². The topological polar surface area (TPSA) is 78.4 Å². The number of aliphatic hydroxyl groups excluding tert-OH is 1. The van der Waals surface area contributed by atoms with Crippen molar-refractivity contribution in [2.75, 3.05) is 17.9 Å². The Morgan fingerprint density at radius 1 is 1.32 bits per heavy atom. The Morgan fingerprint density at radius 3 is 2.63 bits per heavy atom. The van der Waals surface area contributed by atoms with Crippen molar-refractivity contribution in [2.24, 2.45) is 5.92 Å². The molecule has 0 saturated heterocycles. The first-order chi connectivity index (χ1) is 8.94. The molecule has 0 aliphatic heterocycles. The van der Waals surface area contributed by atoms with Crippen LogP contribution in [0.25, 0.3) is 0 Å². The number of benzene rings is 1. The minimum absolute atomic E-state index is 0.223. The summed E-state index contributed by atoms with van der Waals surface area (Å²) < 4.78 is 28.5. The van der Waals surface area contributed by atoms with Gasteiger partial charge in [0.1, 0.15) is 6.61 Å². The van der Waals surface area contributed by atoms with E-state index in [1.54, 1.807) is 24.3 Å². The van der Waals surface area contributed by atoms with Crippen LogP contribution >= 0.6 is 0 Å². The second-order valence-corrected chi connectivity index (χ2v) is 5.85. The predicted octanol–water partition coefficient (Wildman–Crippen LogP) is 0.933. The van der Waals surface area contributed by atoms with Crippen LogP contribution in [-0.4, -0.2) is 26.7 Å². The molecule has 1 aromatic carbocycles. The van der Waals surface area contributed by atoms with Crippen molar-refractivity contribution in [2.45, 2.75) is 13.8 Å². The third-order valence-corrected chi connectivity index (χ3v) is 3.19. The van der Waals surface area contributed by atoms with Gasteiger partial charge in [0, 0.05) is 12.1 Å². The van der Waals surface area contributed by atoms with E-state index in [0.717, 1.165) is 0 Å². The van der Waals surface area contributed by atoms with Crippen LogP contribution in [0.2, 0.25) is 0 Å². The van der Waals surface area contributed by atoms with Crippen LogP contribution < -0.4 is 9.44 Å². The summed E-state index contributed by atoms with van der Waals surface area (Å²) in [6.45, 7) is 3.93. The van der Waals surface area contributed by atoms with Crippen LogP contribution in [0.4, 0.5) is 5.69 Å². The van der Waals surface area contributed by atoms with Crippen molar-refractivity contribution in [1.29, 1.82) is 0 Å². The Labute approximate surface area is 114 Å². The fourth-order valence-electron chi connectivity index (χ4n) is 1.27. The number of anilines is 1. The maximum absolute atomic E-state index is 11.8. The summed E-state index contributed by atoms with van der Waals surface area (Å²) in [6, 6.07) is 6.77. The summed E-state index contributed by atoms with van der Waals surface area (Å²) in [4.78, 5) is 0. The lowest BCUT2D eigenvalue weighted by atomic mass is 10.2. The molecular formula is C13H18N2O3S. The molecule has 0 radical (unpaired) electrons. The van der Waals surface area contributed by atoms with Gasteiger partial charge in [-0.3, -0.25) is 4.72 Å². The molecule has 0 heterocycles. The molecule has 104 valence electrons. The van der Waals surface area contributed by atoms with Gasteiger partial charge in [-0.05, 0) is 18.1 Å². The van der Waals surface area contributed by atoms with E-state index < -0.39 is 10.2 Å². The molecule has 0 spiro atoms. The van der Waals surface area contributed by atoms with Crippen molar-refractivity contribution < 1.29 is 13.5 Å². The van der Waals surface area contributed by atoms with E-state index in [1.165, 1.54) is 0 Å². The highest BCUT2D eigenvalue weighted by atomic mass is 32.2. The van der Waals surface area contributed by atoms with Gasteiger partial charge in [-0.1, -0.05) is 37.8 Å². The average Bonchev–Trinajstić information content (AvgIpc) is 2.35. The van der Waals surface area contributed by atoms with Crippen LogP contribution in [0.1, 0.15) is 19.4 Å². The Morgan fingerprint density at radius 2 is 2.00 bits per heavy atom. The van der Waals surface area contributed by atoms with E-state index in [1.807, 2.05) is 13.8 Å². The number of nitrogens with one attached hydrogen (secondary N) is 2. The largest absolute Gasteiger partial charge is 0.384 e. The van der Waals surface area contributed by atoms with E-state index in [0.29, 0.717) is 17.8 Å². The fourth-order valence-corrected chi connectivity index (χ4v) is 2.37. The summed E-state index contributed by atoms with van der Waals surface area (Å²) in [5, 5.41) is 8.67. The number of hydrogen-bond acceptors (Lipinski definition) is 3. The average molecular weight is 282 g/mol. The minimum Gasteiger partial charge on any atom is -0.384 e. The second-order valence-electron chi connectivity index (χ2n) is 4.35. The Hall–Kier alpha value is -1.55. The normalized spacial score (nSPS) is 10.9. The summed E-state index contributed by atoms with van der Waals surface area (Å²) >= 11 is 0. The summed E-state index contributed by atoms with van der Waals surface area (Å²) in [5.74, 6) is 5.41. The van der Waals surface area contributed by atoms with Crippen molar-refractivity contribution in [3.05, 3.63) is 29.8 Å². The van der Waals surface area contributed by atoms with Crippen molar-refractivity contribution in [1.82, 2.24) is 4.72 Å². The van der Waals surface area contributed by atoms with Gasteiger partial charge in [0.25, 0.3) is 10.2 Å². The predicted molar refractivity (Wildman–Crippen MR) is 75.8 cm³/mol. The lowest BCUT2D eigenvalue weighted by molar-refractivity contribution is 0.350. The zero-order valence-corrected chi connectivity index (χ0v) is 11.8. The van der Waals surface area contributed by atoms with Gasteiger partial charge < -0.3 is 5.11 Å². The SMILES string of the molecule is CC(C)CNS(=O)(=O)Nc1ccccc1C#CCO. The molecule has 0 aromatic heterocycles. The van der Waals surface area contributed by atoms with Gasteiger partial charge >= 0.3 is 0 Å². The molecule has 0 unspecified atom stereocenters. The molecule has 3 N–H and O–H groups in total. The van der Waals surface area contributed by atoms with Gasteiger partial charge in [-0.25, -0.2) is 0 Å². The molecule has 1 aromatic rings. The Balaban J connectivity index is 2.87. The fraction of sp³-hybridized carbons (Fsp3) is 0.385.